The van der Waals surface area contributed by atoms with Gasteiger partial charge in [0.1, 0.15) is 13.2 Å². The van der Waals surface area contributed by atoms with Crippen molar-refractivity contribution in [3.63, 3.8) is 0 Å². The van der Waals surface area contributed by atoms with E-state index in [0.717, 1.165) is 21.5 Å². The van der Waals surface area contributed by atoms with Crippen LogP contribution < -0.4 is 25.0 Å². The van der Waals surface area contributed by atoms with Crippen LogP contribution in [0.25, 0.3) is 10.2 Å². The minimum absolute atomic E-state index is 0.0487. The summed E-state index contributed by atoms with van der Waals surface area (Å²) in [6.07, 6.45) is 0.237. The Hall–Kier alpha value is -3.33. The Labute approximate surface area is 176 Å². The molecule has 3 aromatic rings. The van der Waals surface area contributed by atoms with Gasteiger partial charge in [-0.05, 0) is 36.8 Å². The van der Waals surface area contributed by atoms with Crippen LogP contribution in [0.2, 0.25) is 0 Å². The molecule has 0 spiro atoms. The van der Waals surface area contributed by atoms with Gasteiger partial charge < -0.3 is 19.7 Å². The number of aromatic nitrogens is 1. The van der Waals surface area contributed by atoms with Gasteiger partial charge in [0.15, 0.2) is 16.6 Å². The Morgan fingerprint density at radius 1 is 1.17 bits per heavy atom. The zero-order valence-corrected chi connectivity index (χ0v) is 17.1. The van der Waals surface area contributed by atoms with Crippen LogP contribution in [0.4, 0.5) is 15.6 Å². The predicted molar refractivity (Wildman–Crippen MR) is 115 cm³/mol. The lowest BCUT2D eigenvalue weighted by molar-refractivity contribution is -0.117. The number of thiazole rings is 1. The number of rotatable bonds is 3. The minimum Gasteiger partial charge on any atom is -0.486 e. The molecule has 0 saturated carbocycles. The van der Waals surface area contributed by atoms with Crippen LogP contribution >= 0.6 is 11.3 Å². The van der Waals surface area contributed by atoms with E-state index in [9.17, 15) is 9.59 Å². The first kappa shape index (κ1) is 18.7. The van der Waals surface area contributed by atoms with Crippen LogP contribution in [-0.4, -0.2) is 42.7 Å². The number of ether oxygens (including phenoxy) is 2. The van der Waals surface area contributed by atoms with Crippen LogP contribution in [0.5, 0.6) is 11.5 Å². The maximum atomic E-state index is 12.5. The maximum Gasteiger partial charge on any atom is 0.321 e. The molecule has 9 heteroatoms. The molecule has 1 unspecified atom stereocenters. The summed E-state index contributed by atoms with van der Waals surface area (Å²) in [6.45, 7) is 3.42. The molecule has 1 aromatic heterocycles. The molecule has 2 aromatic carbocycles. The number of anilines is 2. The number of carbonyl (C=O) groups is 2. The highest BCUT2D eigenvalue weighted by Crippen LogP contribution is 2.35. The molecule has 2 N–H and O–H groups in total. The molecule has 1 fully saturated rings. The van der Waals surface area contributed by atoms with Crippen LogP contribution in [0.3, 0.4) is 0 Å². The van der Waals surface area contributed by atoms with Gasteiger partial charge in [0.25, 0.3) is 0 Å². The number of carbonyl (C=O) groups excluding carboxylic acids is 2. The van der Waals surface area contributed by atoms with Crippen LogP contribution in [0, 0.1) is 6.92 Å². The zero-order valence-electron chi connectivity index (χ0n) is 16.3. The summed E-state index contributed by atoms with van der Waals surface area (Å²) < 4.78 is 12.1. The molecule has 0 bridgehead atoms. The average molecular weight is 424 g/mol. The van der Waals surface area contributed by atoms with E-state index in [4.69, 9.17) is 9.47 Å². The summed E-state index contributed by atoms with van der Waals surface area (Å²) in [6, 6.07) is 10.7. The van der Waals surface area contributed by atoms with Gasteiger partial charge in [-0.25, -0.2) is 9.78 Å². The lowest BCUT2D eigenvalue weighted by atomic mass is 10.2. The standard InChI is InChI=1S/C21H20N4O4S/c1-12-2-4-15-18(8-12)30-21(23-15)24-20(27)22-13-9-19(26)25(11-13)14-3-5-16-17(10-14)29-7-6-28-16/h2-5,8,10,13H,6-7,9,11H2,1H3,(H2,22,23,24,27). The number of aryl methyl sites for hydroxylation is 1. The highest BCUT2D eigenvalue weighted by Gasteiger charge is 2.32. The molecule has 3 amide bonds. The van der Waals surface area contributed by atoms with Gasteiger partial charge in [-0.2, -0.15) is 0 Å². The van der Waals surface area contributed by atoms with E-state index in [1.807, 2.05) is 31.2 Å². The second kappa shape index (κ2) is 7.49. The van der Waals surface area contributed by atoms with Crippen molar-refractivity contribution < 1.29 is 19.1 Å². The first-order valence-electron chi connectivity index (χ1n) is 9.70. The number of nitrogens with zero attached hydrogens (tertiary/aromatic N) is 2. The van der Waals surface area contributed by atoms with Crippen molar-refractivity contribution in [1.82, 2.24) is 10.3 Å². The molecular formula is C21H20N4O4S. The smallest absolute Gasteiger partial charge is 0.321 e. The number of urea groups is 1. The summed E-state index contributed by atoms with van der Waals surface area (Å²) in [5, 5.41) is 6.18. The number of amides is 3. The van der Waals surface area contributed by atoms with Crippen molar-refractivity contribution in [1.29, 1.82) is 0 Å². The summed E-state index contributed by atoms with van der Waals surface area (Å²) in [7, 11) is 0. The summed E-state index contributed by atoms with van der Waals surface area (Å²) in [5.41, 5.74) is 2.73. The molecule has 0 aliphatic carbocycles. The van der Waals surface area contributed by atoms with Gasteiger partial charge >= 0.3 is 6.03 Å². The van der Waals surface area contributed by atoms with E-state index in [0.29, 0.717) is 36.4 Å². The lowest BCUT2D eigenvalue weighted by Gasteiger charge is -2.22. The van der Waals surface area contributed by atoms with Gasteiger partial charge in [-0.1, -0.05) is 17.4 Å². The quantitative estimate of drug-likeness (QED) is 0.673. The summed E-state index contributed by atoms with van der Waals surface area (Å²) in [4.78, 5) is 31.0. The molecule has 154 valence electrons. The Kier molecular flexibility index (Phi) is 4.66. The number of nitrogens with one attached hydrogen (secondary N) is 2. The molecule has 8 nitrogen and oxygen atoms in total. The van der Waals surface area contributed by atoms with Crippen molar-refractivity contribution >= 4 is 44.3 Å². The fourth-order valence-corrected chi connectivity index (χ4v) is 4.62. The number of benzene rings is 2. The highest BCUT2D eigenvalue weighted by molar-refractivity contribution is 7.22. The summed E-state index contributed by atoms with van der Waals surface area (Å²) >= 11 is 1.42. The number of fused-ring (bicyclic) bond motifs is 2. The van der Waals surface area contributed by atoms with Crippen molar-refractivity contribution in [2.75, 3.05) is 30.0 Å². The Balaban J connectivity index is 1.23. The zero-order chi connectivity index (χ0) is 20.7. The fourth-order valence-electron chi connectivity index (χ4n) is 3.66. The first-order chi connectivity index (χ1) is 14.5. The molecule has 2 aliphatic heterocycles. The third kappa shape index (κ3) is 3.63. The molecule has 3 heterocycles. The number of hydrogen-bond acceptors (Lipinski definition) is 6. The predicted octanol–water partition coefficient (Wildman–Crippen LogP) is 3.30. The van der Waals surface area contributed by atoms with Crippen LogP contribution in [-0.2, 0) is 4.79 Å². The van der Waals surface area contributed by atoms with E-state index in [-0.39, 0.29) is 24.4 Å². The highest BCUT2D eigenvalue weighted by atomic mass is 32.1. The largest absolute Gasteiger partial charge is 0.486 e. The van der Waals surface area contributed by atoms with E-state index >= 15 is 0 Å². The Bertz CT molecular complexity index is 1150. The van der Waals surface area contributed by atoms with E-state index in [1.165, 1.54) is 11.3 Å². The van der Waals surface area contributed by atoms with Crippen molar-refractivity contribution in [2.24, 2.45) is 0 Å². The molecule has 0 radical (unpaired) electrons. The van der Waals surface area contributed by atoms with Crippen molar-refractivity contribution in [3.05, 3.63) is 42.0 Å². The van der Waals surface area contributed by atoms with E-state index in [1.54, 1.807) is 17.0 Å². The normalized spacial score (nSPS) is 18.0. The molecule has 5 rings (SSSR count). The van der Waals surface area contributed by atoms with Gasteiger partial charge in [0, 0.05) is 24.7 Å². The van der Waals surface area contributed by atoms with Crippen molar-refractivity contribution in [2.45, 2.75) is 19.4 Å². The Morgan fingerprint density at radius 2 is 2.00 bits per heavy atom. The fraction of sp³-hybridized carbons (Fsp3) is 0.286. The third-order valence-electron chi connectivity index (χ3n) is 5.06. The molecule has 2 aliphatic rings. The Morgan fingerprint density at radius 3 is 2.87 bits per heavy atom. The van der Waals surface area contributed by atoms with Crippen molar-refractivity contribution in [3.8, 4) is 11.5 Å². The van der Waals surface area contributed by atoms with Crippen LogP contribution in [0.15, 0.2) is 36.4 Å². The number of hydrogen-bond donors (Lipinski definition) is 2. The lowest BCUT2D eigenvalue weighted by Crippen LogP contribution is -2.39. The van der Waals surface area contributed by atoms with Gasteiger partial charge in [0.2, 0.25) is 5.91 Å². The second-order valence-corrected chi connectivity index (χ2v) is 8.35. The average Bonchev–Trinajstić information content (AvgIpc) is 3.29. The van der Waals surface area contributed by atoms with Crippen LogP contribution in [0.1, 0.15) is 12.0 Å². The first-order valence-corrected chi connectivity index (χ1v) is 10.5. The molecular weight excluding hydrogens is 404 g/mol. The van der Waals surface area contributed by atoms with E-state index in [2.05, 4.69) is 15.6 Å². The summed E-state index contributed by atoms with van der Waals surface area (Å²) in [5.74, 6) is 1.26. The molecule has 1 atom stereocenters. The van der Waals surface area contributed by atoms with E-state index < -0.39 is 0 Å². The van der Waals surface area contributed by atoms with Gasteiger partial charge in [0.05, 0.1) is 16.3 Å². The molecule has 30 heavy (non-hydrogen) atoms. The maximum absolute atomic E-state index is 12.5. The SMILES string of the molecule is Cc1ccc2nc(NC(=O)NC3CC(=O)N(c4ccc5c(c4)OCCO5)C3)sc2c1. The molecule has 1 saturated heterocycles. The minimum atomic E-state index is -0.368. The monoisotopic (exact) mass is 424 g/mol. The third-order valence-corrected chi connectivity index (χ3v) is 6.00. The van der Waals surface area contributed by atoms with Gasteiger partial charge in [-0.15, -0.1) is 0 Å². The topological polar surface area (TPSA) is 92.8 Å². The van der Waals surface area contributed by atoms with Gasteiger partial charge in [-0.3, -0.25) is 10.1 Å². The second-order valence-electron chi connectivity index (χ2n) is 7.32.